The third-order valence-electron chi connectivity index (χ3n) is 14.3. The van der Waals surface area contributed by atoms with Gasteiger partial charge in [-0.15, -0.1) is 11.3 Å². The van der Waals surface area contributed by atoms with Crippen molar-refractivity contribution in [2.45, 2.75) is 113 Å². The van der Waals surface area contributed by atoms with Crippen molar-refractivity contribution >= 4 is 93.2 Å². The average Bonchev–Trinajstić information content (AvgIpc) is 4.12. The van der Waals surface area contributed by atoms with Crippen LogP contribution in [0, 0.1) is 0 Å². The Morgan fingerprint density at radius 1 is 0.974 bits per heavy atom. The number of imide groups is 1. The molecule has 2 aromatic heterocycles. The van der Waals surface area contributed by atoms with E-state index in [1.807, 2.05) is 24.3 Å². The van der Waals surface area contributed by atoms with Crippen molar-refractivity contribution in [3.8, 4) is 5.75 Å². The molecule has 26 heteroatoms. The van der Waals surface area contributed by atoms with Crippen LogP contribution in [0.3, 0.4) is 0 Å². The molecule has 0 bridgehead atoms. The molecule has 0 spiro atoms. The van der Waals surface area contributed by atoms with Gasteiger partial charge in [-0.3, -0.25) is 47.8 Å². The lowest BCUT2D eigenvalue weighted by molar-refractivity contribution is -0.143. The highest BCUT2D eigenvalue weighted by atomic mass is 35.5. The van der Waals surface area contributed by atoms with Crippen LogP contribution in [-0.2, 0) is 58.8 Å². The topological polar surface area (TPSA) is 291 Å². The van der Waals surface area contributed by atoms with Crippen LogP contribution >= 0.6 is 30.5 Å². The smallest absolute Gasteiger partial charge is 0.409 e. The zero-order valence-electron chi connectivity index (χ0n) is 42.0. The number of aromatic nitrogens is 2. The summed E-state index contributed by atoms with van der Waals surface area (Å²) in [5.41, 5.74) is 2.90. The maximum absolute atomic E-state index is 14.6. The molecule has 7 amide bonds. The summed E-state index contributed by atoms with van der Waals surface area (Å²) in [6.07, 6.45) is 4.30. The summed E-state index contributed by atoms with van der Waals surface area (Å²) in [6.45, 7) is -0.372. The number of alkyl halides is 2. The molecule has 1 unspecified atom stereocenters. The van der Waals surface area contributed by atoms with E-state index in [1.165, 1.54) is 38.2 Å². The zero-order chi connectivity index (χ0) is 55.5. The Labute approximate surface area is 448 Å². The molecule has 21 nitrogen and oxygen atoms in total. The molecule has 0 saturated carbocycles. The number of primary amides is 1. The highest BCUT2D eigenvalue weighted by Crippen LogP contribution is 2.59. The Balaban J connectivity index is 0.893. The maximum Gasteiger partial charge on any atom is 0.409 e. The molecule has 5 heterocycles. The molecule has 3 aromatic carbocycles. The van der Waals surface area contributed by atoms with Crippen LogP contribution in [-0.4, -0.2) is 121 Å². The number of halogens is 3. The summed E-state index contributed by atoms with van der Waals surface area (Å²) in [6, 6.07) is 10.7. The minimum Gasteiger partial charge on any atom is -0.490 e. The molecule has 3 aliphatic rings. The fourth-order valence-electron chi connectivity index (χ4n) is 10.3. The number of rotatable bonds is 19. The van der Waals surface area contributed by atoms with Crippen LogP contribution in [0.25, 0.3) is 21.1 Å². The number of nitrogens with one attached hydrogen (secondary N) is 3. The van der Waals surface area contributed by atoms with Crippen molar-refractivity contribution in [2.75, 3.05) is 26.8 Å². The van der Waals surface area contributed by atoms with E-state index in [9.17, 15) is 61.5 Å². The third-order valence-corrected chi connectivity index (χ3v) is 16.9. The first-order valence-corrected chi connectivity index (χ1v) is 27.8. The normalized spacial score (nSPS) is 19.6. The standard InChI is InChI=1S/C51H58ClF2N8O13PS/c1-59-38-23-28(11-15-35(38)62(49(59)69)37-17-20-43(64)58-46(37)66)7-4-3-5-8-29-9-6-10-39(44(29)52)75-27-32(13-19-42(55)63)56-45(65)36-16-14-33-21-22-60(50(70)74-2)26-34(48(68)61(33)36)57-47(67)41-25-30-24-31(12-18-40(30)77-41)51(53,54)76(71,72)73/h6,9-12,15,18,23-25,32-34,36-37H,3-5,7-8,13-14,16-17,19-22,26-27H2,1-2H3,(H2,55,63)(H,56,65)(H,57,67)(H,58,64,66)(H2,71,72,73)/t32-,33+,34-,36-,37?/m0/s1. The van der Waals surface area contributed by atoms with Gasteiger partial charge in [0.15, 0.2) is 0 Å². The van der Waals surface area contributed by atoms with E-state index in [-0.39, 0.29) is 80.1 Å². The van der Waals surface area contributed by atoms with Gasteiger partial charge in [0.1, 0.15) is 30.5 Å². The van der Waals surface area contributed by atoms with E-state index in [2.05, 4.69) is 16.0 Å². The van der Waals surface area contributed by atoms with Gasteiger partial charge in [0.25, 0.3) is 5.91 Å². The van der Waals surface area contributed by atoms with E-state index in [1.54, 1.807) is 19.2 Å². The summed E-state index contributed by atoms with van der Waals surface area (Å²) in [4.78, 5) is 126. The lowest BCUT2D eigenvalue weighted by Crippen LogP contribution is -2.61. The first kappa shape index (κ1) is 56.5. The van der Waals surface area contributed by atoms with Crippen molar-refractivity contribution < 1.29 is 66.2 Å². The molecule has 0 aliphatic carbocycles. The van der Waals surface area contributed by atoms with Crippen LogP contribution in [0.5, 0.6) is 5.75 Å². The van der Waals surface area contributed by atoms with Crippen LogP contribution in [0.2, 0.25) is 5.02 Å². The number of carbonyl (C=O) groups excluding carboxylic acids is 7. The maximum atomic E-state index is 14.6. The second-order valence-corrected chi connectivity index (χ2v) is 22.6. The van der Waals surface area contributed by atoms with Crippen molar-refractivity contribution in [3.63, 3.8) is 0 Å². The molecular weight excluding hydrogens is 1070 g/mol. The number of nitrogens with two attached hydrogens (primary N) is 1. The second kappa shape index (κ2) is 23.5. The van der Waals surface area contributed by atoms with Gasteiger partial charge in [-0.2, -0.15) is 8.78 Å². The molecule has 3 aliphatic heterocycles. The number of amides is 7. The number of benzene rings is 3. The Bertz CT molecular complexity index is 3250. The van der Waals surface area contributed by atoms with Crippen molar-refractivity contribution in [1.82, 2.24) is 34.9 Å². The Kier molecular flexibility index (Phi) is 17.2. The van der Waals surface area contributed by atoms with Crippen LogP contribution in [0.1, 0.15) is 96.6 Å². The second-order valence-electron chi connectivity index (χ2n) is 19.5. The Hall–Kier alpha value is -6.72. The van der Waals surface area contributed by atoms with Crippen LogP contribution in [0.4, 0.5) is 13.6 Å². The molecular formula is C51H58ClF2N8O13PS. The van der Waals surface area contributed by atoms with E-state index < -0.39 is 84.7 Å². The van der Waals surface area contributed by atoms with Gasteiger partial charge in [0.05, 0.1) is 40.6 Å². The summed E-state index contributed by atoms with van der Waals surface area (Å²) >= 11 is 7.76. The number of imidazole rings is 1. The summed E-state index contributed by atoms with van der Waals surface area (Å²) in [5, 5.41) is 8.37. The predicted molar refractivity (Wildman–Crippen MR) is 278 cm³/mol. The summed E-state index contributed by atoms with van der Waals surface area (Å²) in [5.74, 6) is -3.18. The third kappa shape index (κ3) is 12.4. The number of aryl methyl sites for hydroxylation is 3. The minimum atomic E-state index is -5.88. The minimum absolute atomic E-state index is 0.0349. The van der Waals surface area contributed by atoms with E-state index in [0.717, 1.165) is 60.3 Å². The zero-order valence-corrected chi connectivity index (χ0v) is 44.5. The van der Waals surface area contributed by atoms with Crippen LogP contribution < -0.4 is 32.1 Å². The van der Waals surface area contributed by atoms with E-state index in [0.29, 0.717) is 39.3 Å². The number of thiophene rings is 1. The number of nitrogens with zero attached hydrogens (tertiary/aromatic N) is 4. The number of carbonyl (C=O) groups is 7. The predicted octanol–water partition coefficient (Wildman–Crippen LogP) is 5.13. The largest absolute Gasteiger partial charge is 0.490 e. The lowest BCUT2D eigenvalue weighted by atomic mass is 10.0. The number of piperidine rings is 1. The Morgan fingerprint density at radius 3 is 2.47 bits per heavy atom. The molecule has 7 N–H and O–H groups in total. The van der Waals surface area contributed by atoms with Crippen molar-refractivity contribution in [1.29, 1.82) is 0 Å². The lowest BCUT2D eigenvalue weighted by Gasteiger charge is -2.38. The van der Waals surface area contributed by atoms with Gasteiger partial charge in [0, 0.05) is 42.7 Å². The van der Waals surface area contributed by atoms with Crippen molar-refractivity contribution in [2.24, 2.45) is 12.8 Å². The average molecular weight is 1130 g/mol. The molecule has 3 saturated heterocycles. The fraction of sp³-hybridized carbons (Fsp3) is 0.451. The van der Waals surface area contributed by atoms with Gasteiger partial charge in [-0.25, -0.2) is 9.59 Å². The monoisotopic (exact) mass is 1130 g/mol. The fourth-order valence-corrected chi connectivity index (χ4v) is 11.9. The van der Waals surface area contributed by atoms with Crippen molar-refractivity contribution in [3.05, 3.63) is 97.7 Å². The highest BCUT2D eigenvalue weighted by molar-refractivity contribution is 7.52. The molecule has 5 atom stereocenters. The van der Waals surface area contributed by atoms with Gasteiger partial charge in [-0.1, -0.05) is 42.3 Å². The molecule has 8 rings (SSSR count). The number of methoxy groups -OCH3 is 1. The Morgan fingerprint density at radius 2 is 1.74 bits per heavy atom. The number of hydrogen-bond donors (Lipinski definition) is 6. The number of unbranched alkanes of at least 4 members (excludes halogenated alkanes) is 2. The first-order valence-electron chi connectivity index (χ1n) is 25.0. The quantitative estimate of drug-likeness (QED) is 0.0356. The first-order chi connectivity index (χ1) is 36.6. The van der Waals surface area contributed by atoms with Gasteiger partial charge in [-0.05, 0) is 111 Å². The number of fused-ring (bicyclic) bond motifs is 3. The SMILES string of the molecule is COC(=O)N1CC[C@H]2CC[C@@H](C(=O)N[C@@H](CCC(N)=O)COc3cccc(CCCCCc4ccc5c(c4)n(C)c(=O)n5C4CCC(=O)NC4=O)c3Cl)N2C(=O)[C@@H](NC(=O)c2cc3cc(C(F)(F)P(=O)(O)O)ccc3s2)C1. The molecule has 5 aromatic rings. The van der Waals surface area contributed by atoms with Crippen LogP contribution in [0.15, 0.2) is 65.5 Å². The summed E-state index contributed by atoms with van der Waals surface area (Å²) < 4.78 is 55.1. The van der Waals surface area contributed by atoms with Gasteiger partial charge in [0.2, 0.25) is 29.5 Å². The van der Waals surface area contributed by atoms with E-state index >= 15 is 0 Å². The molecule has 3 fully saturated rings. The molecule has 412 valence electrons. The van der Waals surface area contributed by atoms with E-state index in [4.69, 9.17) is 26.8 Å². The number of hydrogen-bond acceptors (Lipinski definition) is 12. The number of ether oxygens (including phenoxy) is 2. The summed E-state index contributed by atoms with van der Waals surface area (Å²) in [7, 11) is -3.06. The van der Waals surface area contributed by atoms with Gasteiger partial charge >= 0.3 is 25.0 Å². The van der Waals surface area contributed by atoms with Gasteiger partial charge < -0.3 is 45.4 Å². The molecule has 0 radical (unpaired) electrons. The highest BCUT2D eigenvalue weighted by Gasteiger charge is 2.51. The molecule has 77 heavy (non-hydrogen) atoms.